The molecule has 1 aliphatic heterocycles. The summed E-state index contributed by atoms with van der Waals surface area (Å²) in [5.74, 6) is 1.85. The number of anilines is 1. The van der Waals surface area contributed by atoms with Crippen LogP contribution in [0.1, 0.15) is 29.9 Å². The second-order valence-electron chi connectivity index (χ2n) is 6.88. The molecule has 0 bridgehead atoms. The molecule has 6 heteroatoms. The third-order valence-electron chi connectivity index (χ3n) is 4.81. The number of aliphatic imine (C=N–C) groups is 1. The first-order chi connectivity index (χ1) is 13.7. The van der Waals surface area contributed by atoms with Crippen LogP contribution in [-0.2, 0) is 4.79 Å². The summed E-state index contributed by atoms with van der Waals surface area (Å²) < 4.78 is 5.81. The fourth-order valence-corrected chi connectivity index (χ4v) is 3.30. The molecule has 0 saturated carbocycles. The Morgan fingerprint density at radius 1 is 1.18 bits per heavy atom. The molecule has 1 aliphatic rings. The van der Waals surface area contributed by atoms with Gasteiger partial charge < -0.3 is 20.7 Å². The SMILES string of the molecule is CN=C(NCCCOc1ccccc1C)NCC1CC(=O)Nc2ccccc21. The lowest BCUT2D eigenvalue weighted by atomic mass is 9.90. The zero-order valence-electron chi connectivity index (χ0n) is 16.5. The minimum atomic E-state index is 0.0572. The predicted octanol–water partition coefficient (Wildman–Crippen LogP) is 3.05. The zero-order chi connectivity index (χ0) is 19.8. The van der Waals surface area contributed by atoms with E-state index >= 15 is 0 Å². The highest BCUT2D eigenvalue weighted by Gasteiger charge is 2.24. The number of hydrogen-bond acceptors (Lipinski definition) is 3. The smallest absolute Gasteiger partial charge is 0.225 e. The number of ether oxygens (including phenoxy) is 1. The molecule has 2 aromatic rings. The monoisotopic (exact) mass is 380 g/mol. The van der Waals surface area contributed by atoms with Gasteiger partial charge in [0.1, 0.15) is 5.75 Å². The van der Waals surface area contributed by atoms with Gasteiger partial charge in [0.15, 0.2) is 5.96 Å². The zero-order valence-corrected chi connectivity index (χ0v) is 16.5. The van der Waals surface area contributed by atoms with Gasteiger partial charge in [0.25, 0.3) is 0 Å². The van der Waals surface area contributed by atoms with Crippen molar-refractivity contribution in [1.82, 2.24) is 10.6 Å². The van der Waals surface area contributed by atoms with Gasteiger partial charge in [0.2, 0.25) is 5.91 Å². The molecular weight excluding hydrogens is 352 g/mol. The molecule has 0 aromatic heterocycles. The van der Waals surface area contributed by atoms with Crippen LogP contribution in [0.4, 0.5) is 5.69 Å². The highest BCUT2D eigenvalue weighted by atomic mass is 16.5. The van der Waals surface area contributed by atoms with E-state index in [-0.39, 0.29) is 11.8 Å². The average Bonchev–Trinajstić information content (AvgIpc) is 2.71. The number of nitrogens with one attached hydrogen (secondary N) is 3. The molecule has 6 nitrogen and oxygen atoms in total. The fraction of sp³-hybridized carbons (Fsp3) is 0.364. The lowest BCUT2D eigenvalue weighted by Gasteiger charge is -2.26. The van der Waals surface area contributed by atoms with Gasteiger partial charge >= 0.3 is 0 Å². The third kappa shape index (κ3) is 5.25. The molecule has 3 rings (SSSR count). The van der Waals surface area contributed by atoms with Crippen LogP contribution in [0.5, 0.6) is 5.75 Å². The number of para-hydroxylation sites is 2. The van der Waals surface area contributed by atoms with Crippen molar-refractivity contribution in [3.63, 3.8) is 0 Å². The second-order valence-corrected chi connectivity index (χ2v) is 6.88. The Balaban J connectivity index is 1.42. The summed E-state index contributed by atoms with van der Waals surface area (Å²) in [5, 5.41) is 9.57. The Morgan fingerprint density at radius 3 is 2.79 bits per heavy atom. The first-order valence-corrected chi connectivity index (χ1v) is 9.69. The Morgan fingerprint density at radius 2 is 1.96 bits per heavy atom. The second kappa shape index (κ2) is 9.78. The molecule has 148 valence electrons. The maximum Gasteiger partial charge on any atom is 0.225 e. The summed E-state index contributed by atoms with van der Waals surface area (Å²) in [6, 6.07) is 16.0. The van der Waals surface area contributed by atoms with Gasteiger partial charge in [-0.15, -0.1) is 0 Å². The molecule has 28 heavy (non-hydrogen) atoms. The summed E-state index contributed by atoms with van der Waals surface area (Å²) in [5.41, 5.74) is 3.21. The number of hydrogen-bond donors (Lipinski definition) is 3. The number of rotatable bonds is 7. The lowest BCUT2D eigenvalue weighted by molar-refractivity contribution is -0.116. The quantitative estimate of drug-likeness (QED) is 0.392. The maximum absolute atomic E-state index is 11.9. The van der Waals surface area contributed by atoms with E-state index in [0.29, 0.717) is 19.6 Å². The van der Waals surface area contributed by atoms with E-state index < -0.39 is 0 Å². The van der Waals surface area contributed by atoms with Crippen molar-refractivity contribution in [2.75, 3.05) is 32.1 Å². The summed E-state index contributed by atoms with van der Waals surface area (Å²) in [7, 11) is 1.75. The summed E-state index contributed by atoms with van der Waals surface area (Å²) in [6.07, 6.45) is 1.34. The van der Waals surface area contributed by atoms with Crippen molar-refractivity contribution in [2.45, 2.75) is 25.7 Å². The summed E-state index contributed by atoms with van der Waals surface area (Å²) in [4.78, 5) is 16.2. The molecule has 1 unspecified atom stereocenters. The average molecular weight is 380 g/mol. The molecule has 2 aromatic carbocycles. The van der Waals surface area contributed by atoms with E-state index in [1.54, 1.807) is 7.05 Å². The van der Waals surface area contributed by atoms with Crippen molar-refractivity contribution in [3.8, 4) is 5.75 Å². The molecule has 3 N–H and O–H groups in total. The minimum absolute atomic E-state index is 0.0572. The molecule has 0 radical (unpaired) electrons. The van der Waals surface area contributed by atoms with Gasteiger partial charge in [0.05, 0.1) is 6.61 Å². The Hall–Kier alpha value is -3.02. The van der Waals surface area contributed by atoms with Crippen LogP contribution >= 0.6 is 0 Å². The van der Waals surface area contributed by atoms with Crippen LogP contribution < -0.4 is 20.7 Å². The third-order valence-corrected chi connectivity index (χ3v) is 4.81. The highest BCUT2D eigenvalue weighted by Crippen LogP contribution is 2.31. The van der Waals surface area contributed by atoms with Crippen molar-refractivity contribution < 1.29 is 9.53 Å². The van der Waals surface area contributed by atoms with Crippen LogP contribution in [-0.4, -0.2) is 38.6 Å². The topological polar surface area (TPSA) is 74.8 Å². The van der Waals surface area contributed by atoms with Gasteiger partial charge in [-0.05, 0) is 36.6 Å². The molecule has 0 fully saturated rings. The number of aryl methyl sites for hydroxylation is 1. The van der Waals surface area contributed by atoms with Gasteiger partial charge in [0, 0.05) is 38.2 Å². The van der Waals surface area contributed by atoms with Crippen LogP contribution in [0.3, 0.4) is 0 Å². The highest BCUT2D eigenvalue weighted by molar-refractivity contribution is 5.94. The Kier molecular flexibility index (Phi) is 6.89. The first kappa shape index (κ1) is 19.7. The number of benzene rings is 2. The van der Waals surface area contributed by atoms with Crippen molar-refractivity contribution in [3.05, 3.63) is 59.7 Å². The molecule has 1 amide bonds. The maximum atomic E-state index is 11.9. The molecule has 1 atom stereocenters. The van der Waals surface area contributed by atoms with E-state index in [9.17, 15) is 4.79 Å². The van der Waals surface area contributed by atoms with Crippen LogP contribution in [0.2, 0.25) is 0 Å². The number of fused-ring (bicyclic) bond motifs is 1. The van der Waals surface area contributed by atoms with Crippen molar-refractivity contribution >= 4 is 17.6 Å². The number of nitrogens with zero attached hydrogens (tertiary/aromatic N) is 1. The molecule has 0 saturated heterocycles. The Bertz CT molecular complexity index is 835. The summed E-state index contributed by atoms with van der Waals surface area (Å²) in [6.45, 7) is 4.10. The van der Waals surface area contributed by atoms with Gasteiger partial charge in [-0.1, -0.05) is 36.4 Å². The van der Waals surface area contributed by atoms with E-state index in [0.717, 1.165) is 41.5 Å². The number of guanidine groups is 1. The predicted molar refractivity (Wildman–Crippen MR) is 113 cm³/mol. The van der Waals surface area contributed by atoms with E-state index in [1.807, 2.05) is 49.4 Å². The van der Waals surface area contributed by atoms with E-state index in [2.05, 4.69) is 27.0 Å². The van der Waals surface area contributed by atoms with Gasteiger partial charge in [-0.25, -0.2) is 0 Å². The molecular formula is C22H28N4O2. The molecule has 1 heterocycles. The lowest BCUT2D eigenvalue weighted by Crippen LogP contribution is -2.41. The number of carbonyl (C=O) groups is 1. The molecule has 0 aliphatic carbocycles. The number of carbonyl (C=O) groups excluding carboxylic acids is 1. The fourth-order valence-electron chi connectivity index (χ4n) is 3.30. The Labute approximate surface area is 166 Å². The van der Waals surface area contributed by atoms with Crippen LogP contribution in [0.25, 0.3) is 0 Å². The standard InChI is InChI=1S/C22H28N4O2/c1-16-8-3-6-11-20(16)28-13-7-12-24-22(23-2)25-15-17-14-21(27)26-19-10-5-4-9-18(17)19/h3-6,8-11,17H,7,12-15H2,1-2H3,(H,26,27)(H2,23,24,25). The van der Waals surface area contributed by atoms with Gasteiger partial charge in [-0.3, -0.25) is 9.79 Å². The van der Waals surface area contributed by atoms with Crippen LogP contribution in [0, 0.1) is 6.92 Å². The number of amides is 1. The van der Waals surface area contributed by atoms with Crippen LogP contribution in [0.15, 0.2) is 53.5 Å². The summed E-state index contributed by atoms with van der Waals surface area (Å²) >= 11 is 0. The van der Waals surface area contributed by atoms with E-state index in [1.165, 1.54) is 0 Å². The van der Waals surface area contributed by atoms with Gasteiger partial charge in [-0.2, -0.15) is 0 Å². The first-order valence-electron chi connectivity index (χ1n) is 9.69. The minimum Gasteiger partial charge on any atom is -0.493 e. The van der Waals surface area contributed by atoms with E-state index in [4.69, 9.17) is 4.74 Å². The van der Waals surface area contributed by atoms with Crippen molar-refractivity contribution in [2.24, 2.45) is 4.99 Å². The largest absolute Gasteiger partial charge is 0.493 e. The normalized spacial score (nSPS) is 16.1. The molecule has 0 spiro atoms. The van der Waals surface area contributed by atoms with Crippen molar-refractivity contribution in [1.29, 1.82) is 0 Å².